The van der Waals surface area contributed by atoms with Gasteiger partial charge in [0, 0.05) is 17.9 Å². The number of methoxy groups -OCH3 is 3. The number of hydrogen-bond acceptors (Lipinski definition) is 8. The SMILES string of the molecule is COC(=O)c1cc(OC)c(OC)cc1NC(=O)CSCC(=O)[O-]. The van der Waals surface area contributed by atoms with Crippen molar-refractivity contribution in [2.45, 2.75) is 0 Å². The van der Waals surface area contributed by atoms with Gasteiger partial charge in [0.2, 0.25) is 5.91 Å². The first-order valence-corrected chi connectivity index (χ1v) is 7.50. The van der Waals surface area contributed by atoms with Gasteiger partial charge in [-0.1, -0.05) is 0 Å². The standard InChI is InChI=1S/C14H17NO7S/c1-20-10-4-8(14(19)22-3)9(5-11(10)21-2)15-12(16)6-23-7-13(17)18/h4-5H,6-7H2,1-3H3,(H,15,16)(H,17,18)/p-1. The number of rotatable bonds is 8. The summed E-state index contributed by atoms with van der Waals surface area (Å²) in [6, 6.07) is 2.81. The minimum absolute atomic E-state index is 0.0865. The van der Waals surface area contributed by atoms with Gasteiger partial charge in [-0.05, 0) is 0 Å². The highest BCUT2D eigenvalue weighted by Gasteiger charge is 2.19. The maximum Gasteiger partial charge on any atom is 0.340 e. The molecule has 0 fully saturated rings. The van der Waals surface area contributed by atoms with E-state index in [0.29, 0.717) is 11.5 Å². The molecule has 1 aromatic carbocycles. The number of carboxylic acids is 1. The third kappa shape index (κ3) is 5.37. The number of carbonyl (C=O) groups is 3. The summed E-state index contributed by atoms with van der Waals surface area (Å²) in [6.45, 7) is 0. The smallest absolute Gasteiger partial charge is 0.340 e. The molecule has 1 rings (SSSR count). The molecular formula is C14H16NO7S-. The molecule has 0 aliphatic carbocycles. The summed E-state index contributed by atoms with van der Waals surface area (Å²) in [5.41, 5.74) is 0.261. The van der Waals surface area contributed by atoms with Gasteiger partial charge in [-0.3, -0.25) is 4.79 Å². The monoisotopic (exact) mass is 342 g/mol. The van der Waals surface area contributed by atoms with Gasteiger partial charge < -0.3 is 29.4 Å². The number of esters is 1. The summed E-state index contributed by atoms with van der Waals surface area (Å²) in [7, 11) is 4.03. The summed E-state index contributed by atoms with van der Waals surface area (Å²) >= 11 is 0.880. The number of carboxylic acid groups (broad SMARTS) is 1. The van der Waals surface area contributed by atoms with Gasteiger partial charge in [-0.2, -0.15) is 0 Å². The number of aliphatic carboxylic acids is 1. The first kappa shape index (κ1) is 18.6. The van der Waals surface area contributed by atoms with Crippen LogP contribution in [0.15, 0.2) is 12.1 Å². The molecule has 9 heteroatoms. The average molecular weight is 342 g/mol. The quantitative estimate of drug-likeness (QED) is 0.652. The lowest BCUT2D eigenvalue weighted by Gasteiger charge is -2.14. The largest absolute Gasteiger partial charge is 0.549 e. The number of carbonyl (C=O) groups excluding carboxylic acids is 3. The fourth-order valence-corrected chi connectivity index (χ4v) is 2.20. The fourth-order valence-electron chi connectivity index (χ4n) is 1.67. The molecule has 0 bridgehead atoms. The zero-order valence-electron chi connectivity index (χ0n) is 12.8. The zero-order chi connectivity index (χ0) is 17.4. The molecule has 1 aromatic rings. The van der Waals surface area contributed by atoms with Gasteiger partial charge >= 0.3 is 5.97 Å². The van der Waals surface area contributed by atoms with Crippen LogP contribution in [0.5, 0.6) is 11.5 Å². The lowest BCUT2D eigenvalue weighted by atomic mass is 10.1. The molecule has 126 valence electrons. The normalized spacial score (nSPS) is 9.87. The van der Waals surface area contributed by atoms with Gasteiger partial charge in [-0.15, -0.1) is 11.8 Å². The molecule has 0 saturated heterocycles. The van der Waals surface area contributed by atoms with Crippen LogP contribution in [0.4, 0.5) is 5.69 Å². The third-order valence-corrected chi connectivity index (χ3v) is 3.56. The van der Waals surface area contributed by atoms with Gasteiger partial charge in [0.1, 0.15) is 0 Å². The van der Waals surface area contributed by atoms with E-state index in [1.54, 1.807) is 0 Å². The number of hydrogen-bond donors (Lipinski definition) is 1. The Morgan fingerprint density at radius 2 is 1.70 bits per heavy atom. The van der Waals surface area contributed by atoms with Crippen LogP contribution < -0.4 is 19.9 Å². The lowest BCUT2D eigenvalue weighted by molar-refractivity contribution is -0.301. The molecule has 0 spiro atoms. The van der Waals surface area contributed by atoms with Crippen LogP contribution in [-0.4, -0.2) is 50.7 Å². The van der Waals surface area contributed by atoms with Crippen molar-refractivity contribution in [3.8, 4) is 11.5 Å². The number of benzene rings is 1. The first-order valence-electron chi connectivity index (χ1n) is 6.34. The minimum atomic E-state index is -1.26. The number of anilines is 1. The Bertz CT molecular complexity index is 603. The zero-order valence-corrected chi connectivity index (χ0v) is 13.7. The highest BCUT2D eigenvalue weighted by molar-refractivity contribution is 8.00. The Morgan fingerprint density at radius 3 is 2.22 bits per heavy atom. The second-order valence-electron chi connectivity index (χ2n) is 4.16. The Morgan fingerprint density at radius 1 is 1.09 bits per heavy atom. The predicted molar refractivity (Wildman–Crippen MR) is 81.8 cm³/mol. The second kappa shape index (κ2) is 8.89. The summed E-state index contributed by atoms with van der Waals surface area (Å²) in [4.78, 5) is 34.0. The van der Waals surface area contributed by atoms with Crippen molar-refractivity contribution in [2.75, 3.05) is 38.2 Å². The molecule has 0 aromatic heterocycles. The third-order valence-electron chi connectivity index (χ3n) is 2.66. The van der Waals surface area contributed by atoms with Crippen molar-refractivity contribution in [3.05, 3.63) is 17.7 Å². The van der Waals surface area contributed by atoms with Crippen molar-refractivity contribution in [2.24, 2.45) is 0 Å². The molecule has 0 aliphatic rings. The minimum Gasteiger partial charge on any atom is -0.549 e. The highest BCUT2D eigenvalue weighted by Crippen LogP contribution is 2.33. The maximum atomic E-state index is 11.8. The molecule has 0 saturated carbocycles. The van der Waals surface area contributed by atoms with Crippen LogP contribution in [0.3, 0.4) is 0 Å². The molecule has 0 atom stereocenters. The molecule has 0 radical (unpaired) electrons. The van der Waals surface area contributed by atoms with Crippen LogP contribution >= 0.6 is 11.8 Å². The first-order chi connectivity index (χ1) is 10.9. The molecule has 0 unspecified atom stereocenters. The average Bonchev–Trinajstić information content (AvgIpc) is 2.53. The van der Waals surface area contributed by atoms with Gasteiger partial charge in [0.05, 0.1) is 44.3 Å². The van der Waals surface area contributed by atoms with E-state index in [1.807, 2.05) is 0 Å². The Hall–Kier alpha value is -2.42. The van der Waals surface area contributed by atoms with Crippen LogP contribution in [0.25, 0.3) is 0 Å². The Balaban J connectivity index is 3.00. The van der Waals surface area contributed by atoms with E-state index >= 15 is 0 Å². The molecule has 23 heavy (non-hydrogen) atoms. The Kier molecular flexibility index (Phi) is 7.20. The van der Waals surface area contributed by atoms with Crippen molar-refractivity contribution >= 4 is 35.3 Å². The van der Waals surface area contributed by atoms with Crippen LogP contribution in [0.2, 0.25) is 0 Å². The number of ether oxygens (including phenoxy) is 3. The van der Waals surface area contributed by atoms with E-state index in [0.717, 1.165) is 11.8 Å². The summed E-state index contributed by atoms with van der Waals surface area (Å²) < 4.78 is 14.9. The van der Waals surface area contributed by atoms with E-state index in [4.69, 9.17) is 9.47 Å². The molecule has 0 aliphatic heterocycles. The van der Waals surface area contributed by atoms with E-state index in [-0.39, 0.29) is 22.8 Å². The van der Waals surface area contributed by atoms with E-state index in [2.05, 4.69) is 10.1 Å². The maximum absolute atomic E-state index is 11.8. The van der Waals surface area contributed by atoms with Crippen LogP contribution in [0, 0.1) is 0 Å². The number of nitrogens with one attached hydrogen (secondary N) is 1. The van der Waals surface area contributed by atoms with Crippen LogP contribution in [0.1, 0.15) is 10.4 Å². The van der Waals surface area contributed by atoms with Crippen molar-refractivity contribution in [1.29, 1.82) is 0 Å². The molecular weight excluding hydrogens is 326 g/mol. The Labute approximate surface area is 137 Å². The van der Waals surface area contributed by atoms with E-state index in [1.165, 1.54) is 33.5 Å². The number of amides is 1. The van der Waals surface area contributed by atoms with Crippen molar-refractivity contribution in [1.82, 2.24) is 0 Å². The van der Waals surface area contributed by atoms with Gasteiger partial charge in [-0.25, -0.2) is 4.79 Å². The predicted octanol–water partition coefficient (Wildman–Crippen LogP) is -0.0880. The lowest BCUT2D eigenvalue weighted by Crippen LogP contribution is -2.25. The molecule has 8 nitrogen and oxygen atoms in total. The fraction of sp³-hybridized carbons (Fsp3) is 0.357. The van der Waals surface area contributed by atoms with Crippen LogP contribution in [-0.2, 0) is 14.3 Å². The summed E-state index contributed by atoms with van der Waals surface area (Å²) in [5.74, 6) is -2.19. The number of thioether (sulfide) groups is 1. The van der Waals surface area contributed by atoms with E-state index < -0.39 is 17.8 Å². The second-order valence-corrected chi connectivity index (χ2v) is 5.14. The molecule has 1 amide bonds. The molecule has 0 heterocycles. The summed E-state index contributed by atoms with van der Waals surface area (Å²) in [6.07, 6.45) is 0. The van der Waals surface area contributed by atoms with E-state index in [9.17, 15) is 19.5 Å². The van der Waals surface area contributed by atoms with Crippen molar-refractivity contribution in [3.63, 3.8) is 0 Å². The van der Waals surface area contributed by atoms with Gasteiger partial charge in [0.15, 0.2) is 11.5 Å². The van der Waals surface area contributed by atoms with Gasteiger partial charge in [0.25, 0.3) is 0 Å². The van der Waals surface area contributed by atoms with Crippen molar-refractivity contribution < 1.29 is 33.7 Å². The molecule has 1 N–H and O–H groups in total. The highest BCUT2D eigenvalue weighted by atomic mass is 32.2. The topological polar surface area (TPSA) is 114 Å². The summed E-state index contributed by atoms with van der Waals surface area (Å²) in [5, 5.41) is 12.8.